The van der Waals surface area contributed by atoms with Gasteiger partial charge in [0, 0.05) is 24.2 Å². The first-order chi connectivity index (χ1) is 24.7. The van der Waals surface area contributed by atoms with Gasteiger partial charge in [0.05, 0.1) is 11.5 Å². The van der Waals surface area contributed by atoms with E-state index in [2.05, 4.69) is 51.8 Å². The summed E-state index contributed by atoms with van der Waals surface area (Å²) in [6.07, 6.45) is 12.3. The largest absolute Gasteiger partial charge is 0.393 e. The average Bonchev–Trinajstić information content (AvgIpc) is 3.54. The summed E-state index contributed by atoms with van der Waals surface area (Å²) < 4.78 is 0. The summed E-state index contributed by atoms with van der Waals surface area (Å²) in [5, 5.41) is 17.5. The first-order valence-electron chi connectivity index (χ1n) is 20.3. The van der Waals surface area contributed by atoms with Gasteiger partial charge in [-0.2, -0.15) is 0 Å². The molecule has 3 N–H and O–H groups in total. The molecule has 0 spiro atoms. The van der Waals surface area contributed by atoms with Crippen LogP contribution in [0.5, 0.6) is 0 Å². The van der Waals surface area contributed by atoms with E-state index in [1.807, 2.05) is 36.4 Å². The average molecular weight is 707 g/mol. The summed E-state index contributed by atoms with van der Waals surface area (Å²) in [6, 6.07) is 14.9. The Hall–Kier alpha value is -3.25. The number of allylic oxidation sites excluding steroid dienone is 1. The molecule has 5 saturated carbocycles. The van der Waals surface area contributed by atoms with E-state index in [4.69, 9.17) is 0 Å². The van der Waals surface area contributed by atoms with Crippen LogP contribution in [0.3, 0.4) is 0 Å². The molecule has 0 aliphatic heterocycles. The van der Waals surface area contributed by atoms with Crippen LogP contribution >= 0.6 is 0 Å². The lowest BCUT2D eigenvalue weighted by Gasteiger charge is -2.69. The van der Waals surface area contributed by atoms with Gasteiger partial charge in [-0.15, -0.1) is 0 Å². The van der Waals surface area contributed by atoms with Crippen LogP contribution in [0, 0.1) is 57.2 Å². The Bertz CT molecular complexity index is 1720. The lowest BCUT2D eigenvalue weighted by molar-refractivity contribution is -0.216. The van der Waals surface area contributed by atoms with Crippen molar-refractivity contribution >= 4 is 18.1 Å². The molecule has 10 unspecified atom stereocenters. The molecular formula is C46H62N2O4. The number of nitrogens with one attached hydrogen (secondary N) is 2. The molecule has 280 valence electrons. The monoisotopic (exact) mass is 706 g/mol. The molecule has 10 atom stereocenters. The van der Waals surface area contributed by atoms with Gasteiger partial charge < -0.3 is 15.7 Å². The van der Waals surface area contributed by atoms with Crippen LogP contribution in [0.2, 0.25) is 0 Å². The van der Waals surface area contributed by atoms with Crippen molar-refractivity contribution in [2.45, 2.75) is 118 Å². The van der Waals surface area contributed by atoms with E-state index in [0.717, 1.165) is 55.9 Å². The topological polar surface area (TPSA) is 95.5 Å². The number of hydrogen-bond acceptors (Lipinski definition) is 4. The van der Waals surface area contributed by atoms with Gasteiger partial charge in [-0.05, 0) is 159 Å². The molecule has 0 radical (unpaired) electrons. The maximum absolute atomic E-state index is 14.5. The maximum atomic E-state index is 14.5. The summed E-state index contributed by atoms with van der Waals surface area (Å²) in [5.74, 6) is 3.22. The third kappa shape index (κ3) is 6.09. The molecular weight excluding hydrogens is 645 g/mol. The predicted molar refractivity (Wildman–Crippen MR) is 207 cm³/mol. The van der Waals surface area contributed by atoms with Crippen molar-refractivity contribution in [2.75, 3.05) is 6.54 Å². The number of aliphatic hydroxyl groups excluding tert-OH is 1. The number of rotatable bonds is 9. The molecule has 6 heteroatoms. The van der Waals surface area contributed by atoms with E-state index in [1.54, 1.807) is 12.1 Å². The standard InChI is InChI=1S/C46H62N2O4/c1-29(2)34-15-22-46(42(52)47-24-19-30-9-8-12-33(26-30)41(51)48-27-31-10-7-11-32(25-31)28-49)23-16-36-35(40(34)46)13-14-38-44(36,5)20-17-37-43(3,4)39(50)18-21-45(37,38)6/h7-12,25-26,28,34-40,50H,1,13-24,27H2,2-6H3,(H,47,52)(H,48,51). The third-order valence-electron chi connectivity index (χ3n) is 16.1. The minimum atomic E-state index is -0.338. The van der Waals surface area contributed by atoms with Crippen LogP contribution in [-0.4, -0.2) is 35.9 Å². The zero-order valence-corrected chi connectivity index (χ0v) is 32.3. The first-order valence-corrected chi connectivity index (χ1v) is 20.3. The van der Waals surface area contributed by atoms with E-state index in [1.165, 1.54) is 31.3 Å². The molecule has 52 heavy (non-hydrogen) atoms. The fraction of sp³-hybridized carbons (Fsp3) is 0.630. The van der Waals surface area contributed by atoms with Gasteiger partial charge in [-0.3, -0.25) is 14.4 Å². The molecule has 5 aliphatic rings. The van der Waals surface area contributed by atoms with Crippen molar-refractivity contribution in [3.05, 3.63) is 82.9 Å². The van der Waals surface area contributed by atoms with Crippen molar-refractivity contribution in [3.63, 3.8) is 0 Å². The molecule has 0 aromatic heterocycles. The van der Waals surface area contributed by atoms with Crippen LogP contribution in [-0.2, 0) is 17.8 Å². The Morgan fingerprint density at radius 3 is 2.35 bits per heavy atom. The second-order valence-electron chi connectivity index (χ2n) is 18.8. The second-order valence-corrected chi connectivity index (χ2v) is 18.8. The quantitative estimate of drug-likeness (QED) is 0.180. The van der Waals surface area contributed by atoms with E-state index in [0.29, 0.717) is 66.1 Å². The number of benzene rings is 2. The molecule has 5 fully saturated rings. The van der Waals surface area contributed by atoms with Crippen molar-refractivity contribution in [3.8, 4) is 0 Å². The lowest BCUT2D eigenvalue weighted by Crippen LogP contribution is -2.64. The zero-order chi connectivity index (χ0) is 37.1. The van der Waals surface area contributed by atoms with Crippen molar-refractivity contribution in [1.29, 1.82) is 0 Å². The number of carbonyl (C=O) groups excluding carboxylic acids is 3. The number of carbonyl (C=O) groups is 3. The fourth-order valence-corrected chi connectivity index (χ4v) is 13.6. The van der Waals surface area contributed by atoms with Crippen LogP contribution in [0.25, 0.3) is 0 Å². The van der Waals surface area contributed by atoms with Gasteiger partial charge in [-0.1, -0.05) is 70.2 Å². The predicted octanol–water partition coefficient (Wildman–Crippen LogP) is 8.72. The minimum absolute atomic E-state index is 0.0409. The fourth-order valence-electron chi connectivity index (χ4n) is 13.6. The van der Waals surface area contributed by atoms with Crippen LogP contribution in [0.4, 0.5) is 0 Å². The normalized spacial score (nSPS) is 37.4. The number of amides is 2. The van der Waals surface area contributed by atoms with Gasteiger partial charge in [0.2, 0.25) is 5.91 Å². The van der Waals surface area contributed by atoms with Gasteiger partial charge in [0.15, 0.2) is 0 Å². The van der Waals surface area contributed by atoms with Gasteiger partial charge in [0.1, 0.15) is 6.29 Å². The SMILES string of the molecule is C=C(C)C1CCC2(C(=O)NCCc3cccc(C(=O)NCc4cccc(C=O)c4)c3)CCC3C(CCC4C3(C)CCC3C(C)(C)C(O)CCC34C)C12. The number of fused-ring (bicyclic) bond motifs is 7. The van der Waals surface area contributed by atoms with Gasteiger partial charge in [0.25, 0.3) is 5.91 Å². The van der Waals surface area contributed by atoms with Crippen molar-refractivity contribution in [2.24, 2.45) is 57.2 Å². The number of aldehydes is 1. The molecule has 2 amide bonds. The summed E-state index contributed by atoms with van der Waals surface area (Å²) in [5.41, 5.74) is 4.48. The Balaban J connectivity index is 1.03. The summed E-state index contributed by atoms with van der Waals surface area (Å²) >= 11 is 0. The summed E-state index contributed by atoms with van der Waals surface area (Å²) in [6.45, 7) is 17.5. The molecule has 6 nitrogen and oxygen atoms in total. The Labute approximate surface area is 312 Å². The van der Waals surface area contributed by atoms with Crippen LogP contribution in [0.15, 0.2) is 60.7 Å². The zero-order valence-electron chi connectivity index (χ0n) is 32.3. The second kappa shape index (κ2) is 13.9. The summed E-state index contributed by atoms with van der Waals surface area (Å²) in [4.78, 5) is 38.7. The number of hydrogen-bond donors (Lipinski definition) is 3. The van der Waals surface area contributed by atoms with Crippen LogP contribution in [0.1, 0.15) is 131 Å². The molecule has 0 bridgehead atoms. The molecule has 2 aromatic carbocycles. The Morgan fingerprint density at radius 2 is 1.58 bits per heavy atom. The molecule has 2 aromatic rings. The molecule has 0 heterocycles. The summed E-state index contributed by atoms with van der Waals surface area (Å²) in [7, 11) is 0. The molecule has 7 rings (SSSR count). The molecule has 0 saturated heterocycles. The van der Waals surface area contributed by atoms with Crippen molar-refractivity contribution < 1.29 is 19.5 Å². The highest BCUT2D eigenvalue weighted by atomic mass is 16.3. The van der Waals surface area contributed by atoms with E-state index >= 15 is 0 Å². The van der Waals surface area contributed by atoms with Gasteiger partial charge in [-0.25, -0.2) is 0 Å². The van der Waals surface area contributed by atoms with E-state index in [-0.39, 0.29) is 39.6 Å². The third-order valence-corrected chi connectivity index (χ3v) is 16.1. The maximum Gasteiger partial charge on any atom is 0.251 e. The van der Waals surface area contributed by atoms with E-state index in [9.17, 15) is 19.5 Å². The highest BCUT2D eigenvalue weighted by Gasteiger charge is 2.68. The highest BCUT2D eigenvalue weighted by molar-refractivity contribution is 5.94. The van der Waals surface area contributed by atoms with E-state index < -0.39 is 0 Å². The lowest BCUT2D eigenvalue weighted by atomic mass is 9.36. The minimum Gasteiger partial charge on any atom is -0.393 e. The highest BCUT2D eigenvalue weighted by Crippen LogP contribution is 2.73. The smallest absolute Gasteiger partial charge is 0.251 e. The van der Waals surface area contributed by atoms with Crippen LogP contribution < -0.4 is 10.6 Å². The number of aliphatic hydroxyl groups is 1. The van der Waals surface area contributed by atoms with Gasteiger partial charge >= 0.3 is 0 Å². The first kappa shape index (κ1) is 37.1. The Kier molecular flexibility index (Phi) is 9.89. The Morgan fingerprint density at radius 1 is 0.846 bits per heavy atom. The molecule has 5 aliphatic carbocycles. The van der Waals surface area contributed by atoms with Crippen molar-refractivity contribution in [1.82, 2.24) is 10.6 Å².